The van der Waals surface area contributed by atoms with Crippen LogP contribution in [0.3, 0.4) is 0 Å². The highest BCUT2D eigenvalue weighted by molar-refractivity contribution is 5.97. The van der Waals surface area contributed by atoms with E-state index in [-0.39, 0.29) is 30.1 Å². The van der Waals surface area contributed by atoms with Crippen LogP contribution in [0.4, 0.5) is 11.4 Å². The number of rotatable bonds is 10. The van der Waals surface area contributed by atoms with Crippen LogP contribution >= 0.6 is 0 Å². The third-order valence-corrected chi connectivity index (χ3v) is 5.35. The number of Topliss-reactive ketones (excluding diaryl/α,β-unsaturated/α-hetero) is 1. The van der Waals surface area contributed by atoms with Gasteiger partial charge in [-0.15, -0.1) is 0 Å². The van der Waals surface area contributed by atoms with E-state index in [4.69, 9.17) is 5.11 Å². The molecule has 0 aromatic heterocycles. The molecule has 0 atom stereocenters. The fourth-order valence-electron chi connectivity index (χ4n) is 3.55. The van der Waals surface area contributed by atoms with Gasteiger partial charge in [-0.25, -0.2) is 0 Å². The van der Waals surface area contributed by atoms with E-state index in [0.717, 1.165) is 19.4 Å². The Balaban J connectivity index is 1.62. The first kappa shape index (κ1) is 19.3. The number of nitro benzene ring substituents is 1. The zero-order valence-electron chi connectivity index (χ0n) is 15.4. The van der Waals surface area contributed by atoms with E-state index in [1.165, 1.54) is 18.9 Å². The third-order valence-electron chi connectivity index (χ3n) is 5.35. The number of aliphatic carboxylic acids is 1. The fourth-order valence-corrected chi connectivity index (χ4v) is 3.55. The molecule has 2 aliphatic carbocycles. The summed E-state index contributed by atoms with van der Waals surface area (Å²) in [7, 11) is 0. The van der Waals surface area contributed by atoms with Crippen molar-refractivity contribution in [3.05, 3.63) is 33.9 Å². The Bertz CT molecular complexity index is 741. The van der Waals surface area contributed by atoms with Gasteiger partial charge in [-0.05, 0) is 43.7 Å². The first-order valence-corrected chi connectivity index (χ1v) is 9.41. The number of hydrogen-bond donors (Lipinski definition) is 2. The molecule has 1 aromatic rings. The van der Waals surface area contributed by atoms with Gasteiger partial charge in [0.15, 0.2) is 5.78 Å². The van der Waals surface area contributed by atoms with E-state index in [2.05, 4.69) is 5.32 Å². The number of anilines is 1. The Morgan fingerprint density at radius 2 is 2.04 bits per heavy atom. The van der Waals surface area contributed by atoms with Crippen molar-refractivity contribution in [2.24, 2.45) is 5.92 Å². The van der Waals surface area contributed by atoms with Gasteiger partial charge in [0.2, 0.25) is 0 Å². The van der Waals surface area contributed by atoms with Crippen molar-refractivity contribution in [2.75, 3.05) is 18.4 Å². The van der Waals surface area contributed by atoms with Gasteiger partial charge in [-0.3, -0.25) is 24.6 Å². The van der Waals surface area contributed by atoms with Crippen LogP contribution in [0.25, 0.3) is 0 Å². The Kier molecular flexibility index (Phi) is 5.74. The molecule has 2 fully saturated rings. The van der Waals surface area contributed by atoms with Crippen molar-refractivity contribution in [1.82, 2.24) is 4.90 Å². The van der Waals surface area contributed by atoms with Gasteiger partial charge >= 0.3 is 5.97 Å². The Morgan fingerprint density at radius 1 is 1.33 bits per heavy atom. The van der Waals surface area contributed by atoms with Crippen LogP contribution < -0.4 is 5.32 Å². The molecule has 2 saturated carbocycles. The van der Waals surface area contributed by atoms with Crippen LogP contribution in [0.15, 0.2) is 18.2 Å². The molecule has 0 spiro atoms. The highest BCUT2D eigenvalue weighted by atomic mass is 16.6. The van der Waals surface area contributed by atoms with Crippen LogP contribution in [0.2, 0.25) is 0 Å². The minimum Gasteiger partial charge on any atom is -0.480 e. The summed E-state index contributed by atoms with van der Waals surface area (Å²) in [6, 6.07) is 4.79. The lowest BCUT2D eigenvalue weighted by atomic mass is 9.85. The van der Waals surface area contributed by atoms with Crippen molar-refractivity contribution in [1.29, 1.82) is 0 Å². The van der Waals surface area contributed by atoms with Gasteiger partial charge in [0, 0.05) is 36.7 Å². The number of carbonyl (C=O) groups excluding carboxylic acids is 1. The number of carboxylic acids is 1. The van der Waals surface area contributed by atoms with E-state index in [1.54, 1.807) is 19.1 Å². The van der Waals surface area contributed by atoms with Crippen molar-refractivity contribution < 1.29 is 19.6 Å². The molecular formula is C19H25N3O5. The van der Waals surface area contributed by atoms with E-state index in [0.29, 0.717) is 23.6 Å². The molecule has 146 valence electrons. The number of carboxylic acid groups (broad SMARTS) is 1. The number of benzene rings is 1. The molecular weight excluding hydrogens is 350 g/mol. The first-order valence-electron chi connectivity index (χ1n) is 9.41. The zero-order chi connectivity index (χ0) is 19.6. The van der Waals surface area contributed by atoms with Crippen molar-refractivity contribution in [2.45, 2.75) is 51.1 Å². The van der Waals surface area contributed by atoms with Crippen LogP contribution in [0.5, 0.6) is 0 Å². The second-order valence-electron chi connectivity index (χ2n) is 7.50. The number of carbonyl (C=O) groups is 2. The Labute approximate surface area is 157 Å². The average molecular weight is 375 g/mol. The van der Waals surface area contributed by atoms with Crippen molar-refractivity contribution in [3.63, 3.8) is 0 Å². The van der Waals surface area contributed by atoms with Crippen molar-refractivity contribution in [3.8, 4) is 0 Å². The zero-order valence-corrected chi connectivity index (χ0v) is 15.4. The second kappa shape index (κ2) is 8.04. The number of nitrogens with one attached hydrogen (secondary N) is 1. The van der Waals surface area contributed by atoms with Gasteiger partial charge in [0.25, 0.3) is 5.69 Å². The highest BCUT2D eigenvalue weighted by Crippen LogP contribution is 2.36. The summed E-state index contributed by atoms with van der Waals surface area (Å²) in [4.78, 5) is 35.8. The number of ketones is 1. The molecule has 0 aliphatic heterocycles. The maximum Gasteiger partial charge on any atom is 0.317 e. The molecule has 8 nitrogen and oxygen atoms in total. The third kappa shape index (κ3) is 4.82. The maximum absolute atomic E-state index is 11.8. The molecule has 3 rings (SSSR count). The lowest BCUT2D eigenvalue weighted by Gasteiger charge is -2.43. The number of nitrogens with zero attached hydrogens (tertiary/aromatic N) is 2. The van der Waals surface area contributed by atoms with Gasteiger partial charge in [-0.1, -0.05) is 6.92 Å². The molecule has 0 radical (unpaired) electrons. The van der Waals surface area contributed by atoms with Crippen LogP contribution in [0, 0.1) is 16.0 Å². The van der Waals surface area contributed by atoms with E-state index >= 15 is 0 Å². The number of nitro groups is 1. The summed E-state index contributed by atoms with van der Waals surface area (Å²) < 4.78 is 0. The molecule has 0 amide bonds. The smallest absolute Gasteiger partial charge is 0.317 e. The molecule has 27 heavy (non-hydrogen) atoms. The van der Waals surface area contributed by atoms with E-state index < -0.39 is 10.9 Å². The SMILES string of the molecule is CCC(=O)c1ccc(NC2CC(N(CC(=O)O)CC3CC3)C2)c([N+](=O)[O-])c1. The number of hydrogen-bond acceptors (Lipinski definition) is 6. The molecule has 2 N–H and O–H groups in total. The summed E-state index contributed by atoms with van der Waals surface area (Å²) in [6.07, 6.45) is 4.15. The topological polar surface area (TPSA) is 113 Å². The maximum atomic E-state index is 11.8. The monoisotopic (exact) mass is 375 g/mol. The van der Waals surface area contributed by atoms with Gasteiger partial charge in [0.05, 0.1) is 11.5 Å². The minimum absolute atomic E-state index is 0.0435. The van der Waals surface area contributed by atoms with Crippen LogP contribution in [0.1, 0.15) is 49.4 Å². The average Bonchev–Trinajstić information content (AvgIpc) is 3.40. The molecule has 1 aromatic carbocycles. The van der Waals surface area contributed by atoms with E-state index in [9.17, 15) is 19.7 Å². The predicted octanol–water partition coefficient (Wildman–Crippen LogP) is 2.93. The van der Waals surface area contributed by atoms with Crippen LogP contribution in [-0.4, -0.2) is 51.9 Å². The molecule has 8 heteroatoms. The normalized spacial score (nSPS) is 21.6. The fraction of sp³-hybridized carbons (Fsp3) is 0.579. The molecule has 2 aliphatic rings. The second-order valence-corrected chi connectivity index (χ2v) is 7.50. The quantitative estimate of drug-likeness (QED) is 0.367. The summed E-state index contributed by atoms with van der Waals surface area (Å²) in [5.41, 5.74) is 0.652. The standard InChI is InChI=1S/C19H25N3O5/c1-2-18(23)13-5-6-16(17(7-13)22(26)27)20-14-8-15(9-14)21(11-19(24)25)10-12-3-4-12/h5-7,12,14-15,20H,2-4,8-11H2,1H3,(H,24,25). The first-order chi connectivity index (χ1) is 12.9. The Hall–Kier alpha value is -2.48. The summed E-state index contributed by atoms with van der Waals surface area (Å²) in [6.45, 7) is 2.58. The lowest BCUT2D eigenvalue weighted by molar-refractivity contribution is -0.384. The largest absolute Gasteiger partial charge is 0.480 e. The molecule has 0 saturated heterocycles. The minimum atomic E-state index is -0.820. The summed E-state index contributed by atoms with van der Waals surface area (Å²) >= 11 is 0. The van der Waals surface area contributed by atoms with Gasteiger partial charge < -0.3 is 10.4 Å². The van der Waals surface area contributed by atoms with Crippen LogP contribution in [-0.2, 0) is 4.79 Å². The predicted molar refractivity (Wildman–Crippen MR) is 100 cm³/mol. The van der Waals surface area contributed by atoms with E-state index in [1.807, 2.05) is 4.90 Å². The lowest BCUT2D eigenvalue weighted by Crippen LogP contribution is -2.52. The Morgan fingerprint density at radius 3 is 2.59 bits per heavy atom. The molecule has 0 unspecified atom stereocenters. The molecule has 0 bridgehead atoms. The van der Waals surface area contributed by atoms with Gasteiger partial charge in [-0.2, -0.15) is 0 Å². The van der Waals surface area contributed by atoms with Gasteiger partial charge in [0.1, 0.15) is 5.69 Å². The highest BCUT2D eigenvalue weighted by Gasteiger charge is 2.37. The summed E-state index contributed by atoms with van der Waals surface area (Å²) in [5, 5.41) is 23.7. The summed E-state index contributed by atoms with van der Waals surface area (Å²) in [5.74, 6) is -0.335. The van der Waals surface area contributed by atoms with Crippen molar-refractivity contribution >= 4 is 23.1 Å². The molecule has 0 heterocycles.